The molecule has 0 aromatic carbocycles. The molecule has 0 aliphatic heterocycles. The van der Waals surface area contributed by atoms with Crippen molar-refractivity contribution in [3.63, 3.8) is 0 Å². The van der Waals surface area contributed by atoms with Crippen molar-refractivity contribution >= 4 is 11.6 Å². The van der Waals surface area contributed by atoms with Crippen LogP contribution in [0, 0.1) is 12.3 Å². The van der Waals surface area contributed by atoms with E-state index >= 15 is 0 Å². The van der Waals surface area contributed by atoms with Gasteiger partial charge in [0.05, 0.1) is 5.56 Å². The molecule has 1 heterocycles. The highest BCUT2D eigenvalue weighted by Gasteiger charge is 2.10. The molecule has 0 amide bonds. The van der Waals surface area contributed by atoms with Gasteiger partial charge in [0.2, 0.25) is 5.88 Å². The van der Waals surface area contributed by atoms with E-state index in [2.05, 4.69) is 15.9 Å². The van der Waals surface area contributed by atoms with Crippen molar-refractivity contribution in [3.05, 3.63) is 17.0 Å². The fourth-order valence-electron chi connectivity index (χ4n) is 0.976. The summed E-state index contributed by atoms with van der Waals surface area (Å²) in [5, 5.41) is 0.418. The minimum atomic E-state index is -0.314. The Morgan fingerprint density at radius 3 is 2.93 bits per heavy atom. The maximum absolute atomic E-state index is 5.87. The standard InChI is InChI=1S/C10H11ClN2O/c1-4-7(3)14-10-8(5-2)9(11)12-6-13-10/h1,6-7H,5H2,2-3H3. The van der Waals surface area contributed by atoms with E-state index in [9.17, 15) is 0 Å². The monoisotopic (exact) mass is 210 g/mol. The summed E-state index contributed by atoms with van der Waals surface area (Å²) in [6, 6.07) is 0. The normalized spacial score (nSPS) is 11.9. The van der Waals surface area contributed by atoms with Crippen LogP contribution in [0.4, 0.5) is 0 Å². The fraction of sp³-hybridized carbons (Fsp3) is 0.400. The fourth-order valence-corrected chi connectivity index (χ4v) is 1.23. The molecule has 1 unspecified atom stereocenters. The first-order valence-corrected chi connectivity index (χ1v) is 4.69. The summed E-state index contributed by atoms with van der Waals surface area (Å²) in [4.78, 5) is 7.85. The number of hydrogen-bond acceptors (Lipinski definition) is 3. The van der Waals surface area contributed by atoms with E-state index in [-0.39, 0.29) is 6.10 Å². The van der Waals surface area contributed by atoms with Crippen LogP contribution in [0.15, 0.2) is 6.33 Å². The van der Waals surface area contributed by atoms with E-state index in [0.717, 1.165) is 5.56 Å². The molecule has 0 aliphatic carbocycles. The quantitative estimate of drug-likeness (QED) is 0.566. The second-order valence-corrected chi connectivity index (χ2v) is 3.09. The zero-order valence-corrected chi connectivity index (χ0v) is 8.88. The number of hydrogen-bond donors (Lipinski definition) is 0. The molecule has 0 saturated heterocycles. The van der Waals surface area contributed by atoms with Gasteiger partial charge in [-0.25, -0.2) is 9.97 Å². The molecule has 3 nitrogen and oxygen atoms in total. The summed E-state index contributed by atoms with van der Waals surface area (Å²) in [7, 11) is 0. The van der Waals surface area contributed by atoms with E-state index < -0.39 is 0 Å². The van der Waals surface area contributed by atoms with Crippen LogP contribution in [-0.4, -0.2) is 16.1 Å². The van der Waals surface area contributed by atoms with E-state index in [1.807, 2.05) is 6.92 Å². The van der Waals surface area contributed by atoms with Gasteiger partial charge in [0.15, 0.2) is 6.10 Å². The van der Waals surface area contributed by atoms with E-state index in [1.165, 1.54) is 6.33 Å². The lowest BCUT2D eigenvalue weighted by molar-refractivity contribution is 0.264. The lowest BCUT2D eigenvalue weighted by Crippen LogP contribution is -2.11. The lowest BCUT2D eigenvalue weighted by Gasteiger charge is -2.11. The molecule has 1 atom stereocenters. The summed E-state index contributed by atoms with van der Waals surface area (Å²) in [6.07, 6.45) is 6.96. The SMILES string of the molecule is C#CC(C)Oc1ncnc(Cl)c1CC. The third-order valence-electron chi connectivity index (χ3n) is 1.73. The van der Waals surface area contributed by atoms with Crippen LogP contribution >= 0.6 is 11.6 Å². The van der Waals surface area contributed by atoms with Crippen molar-refractivity contribution in [2.45, 2.75) is 26.4 Å². The molecule has 0 radical (unpaired) electrons. The molecule has 1 aromatic rings. The van der Waals surface area contributed by atoms with Gasteiger partial charge in [-0.1, -0.05) is 24.4 Å². The number of aromatic nitrogens is 2. The Labute approximate surface area is 88.5 Å². The Balaban J connectivity index is 2.97. The van der Waals surface area contributed by atoms with E-state index in [4.69, 9.17) is 22.8 Å². The van der Waals surface area contributed by atoms with Gasteiger partial charge in [-0.15, -0.1) is 6.42 Å². The van der Waals surface area contributed by atoms with Crippen LogP contribution in [0.25, 0.3) is 0 Å². The van der Waals surface area contributed by atoms with Crippen molar-refractivity contribution in [1.29, 1.82) is 0 Å². The van der Waals surface area contributed by atoms with Crippen LogP contribution in [0.2, 0.25) is 5.15 Å². The van der Waals surface area contributed by atoms with Gasteiger partial charge in [0.25, 0.3) is 0 Å². The van der Waals surface area contributed by atoms with Crippen LogP contribution < -0.4 is 4.74 Å². The van der Waals surface area contributed by atoms with Gasteiger partial charge in [-0.3, -0.25) is 0 Å². The first-order valence-electron chi connectivity index (χ1n) is 4.31. The summed E-state index contributed by atoms with van der Waals surface area (Å²) in [5.41, 5.74) is 0.788. The molecule has 1 rings (SSSR count). The molecule has 0 saturated carbocycles. The van der Waals surface area contributed by atoms with Crippen molar-refractivity contribution in [2.24, 2.45) is 0 Å². The Bertz CT molecular complexity index is 360. The minimum absolute atomic E-state index is 0.314. The summed E-state index contributed by atoms with van der Waals surface area (Å²) in [6.45, 7) is 3.73. The Morgan fingerprint density at radius 2 is 2.36 bits per heavy atom. The average molecular weight is 211 g/mol. The summed E-state index contributed by atoms with van der Waals surface area (Å²) >= 11 is 5.87. The average Bonchev–Trinajstić information content (AvgIpc) is 2.18. The van der Waals surface area contributed by atoms with Gasteiger partial charge >= 0.3 is 0 Å². The number of terminal acetylenes is 1. The van der Waals surface area contributed by atoms with Crippen LogP contribution in [0.1, 0.15) is 19.4 Å². The molecule has 0 bridgehead atoms. The van der Waals surface area contributed by atoms with Crippen molar-refractivity contribution < 1.29 is 4.74 Å². The molecular formula is C10H11ClN2O. The van der Waals surface area contributed by atoms with Crippen LogP contribution in [0.3, 0.4) is 0 Å². The van der Waals surface area contributed by atoms with Gasteiger partial charge < -0.3 is 4.74 Å². The second-order valence-electron chi connectivity index (χ2n) is 2.73. The van der Waals surface area contributed by atoms with Gasteiger partial charge in [-0.05, 0) is 13.3 Å². The molecule has 74 valence electrons. The van der Waals surface area contributed by atoms with Gasteiger partial charge in [0.1, 0.15) is 11.5 Å². The number of halogens is 1. The first kappa shape index (κ1) is 10.8. The zero-order valence-electron chi connectivity index (χ0n) is 8.12. The third kappa shape index (κ3) is 2.36. The van der Waals surface area contributed by atoms with Gasteiger partial charge in [-0.2, -0.15) is 0 Å². The zero-order chi connectivity index (χ0) is 10.6. The van der Waals surface area contributed by atoms with Crippen molar-refractivity contribution in [2.75, 3.05) is 0 Å². The maximum Gasteiger partial charge on any atom is 0.222 e. The highest BCUT2D eigenvalue weighted by molar-refractivity contribution is 6.30. The summed E-state index contributed by atoms with van der Waals surface area (Å²) < 4.78 is 5.39. The molecule has 0 aliphatic rings. The minimum Gasteiger partial charge on any atom is -0.461 e. The van der Waals surface area contributed by atoms with Crippen LogP contribution in [0.5, 0.6) is 5.88 Å². The molecule has 0 fully saturated rings. The second kappa shape index (κ2) is 4.83. The Morgan fingerprint density at radius 1 is 1.64 bits per heavy atom. The summed E-state index contributed by atoms with van der Waals surface area (Å²) in [5.74, 6) is 2.93. The highest BCUT2D eigenvalue weighted by atomic mass is 35.5. The predicted molar refractivity (Wildman–Crippen MR) is 55.3 cm³/mol. The van der Waals surface area contributed by atoms with E-state index in [1.54, 1.807) is 6.92 Å². The Kier molecular flexibility index (Phi) is 3.73. The van der Waals surface area contributed by atoms with E-state index in [0.29, 0.717) is 17.5 Å². The first-order chi connectivity index (χ1) is 6.69. The smallest absolute Gasteiger partial charge is 0.222 e. The molecule has 0 spiro atoms. The van der Waals surface area contributed by atoms with Crippen molar-refractivity contribution in [1.82, 2.24) is 9.97 Å². The van der Waals surface area contributed by atoms with Crippen molar-refractivity contribution in [3.8, 4) is 18.2 Å². The lowest BCUT2D eigenvalue weighted by atomic mass is 10.2. The maximum atomic E-state index is 5.87. The largest absolute Gasteiger partial charge is 0.461 e. The third-order valence-corrected chi connectivity index (χ3v) is 2.06. The molecule has 14 heavy (non-hydrogen) atoms. The highest BCUT2D eigenvalue weighted by Crippen LogP contribution is 2.22. The molecule has 1 aromatic heterocycles. The molecule has 4 heteroatoms. The number of rotatable bonds is 3. The predicted octanol–water partition coefficient (Wildman–Crippen LogP) is 2.09. The van der Waals surface area contributed by atoms with Crippen LogP contribution in [-0.2, 0) is 6.42 Å². The van der Waals surface area contributed by atoms with Gasteiger partial charge in [0, 0.05) is 0 Å². The molecular weight excluding hydrogens is 200 g/mol. The Hall–Kier alpha value is -1.27. The number of nitrogens with zero attached hydrogens (tertiary/aromatic N) is 2. The number of ether oxygens (including phenoxy) is 1. The molecule has 0 N–H and O–H groups in total. The topological polar surface area (TPSA) is 35.0 Å².